The third kappa shape index (κ3) is 4.57. The van der Waals surface area contributed by atoms with Crippen LogP contribution in [0.15, 0.2) is 36.9 Å². The topological polar surface area (TPSA) is 63.1 Å². The normalized spacial score (nSPS) is 17.7. The molecule has 0 spiro atoms. The molecule has 1 aliphatic rings. The minimum Gasteiger partial charge on any atom is -0.355 e. The molecule has 1 saturated heterocycles. The molecule has 6 heteroatoms. The fourth-order valence-electron chi connectivity index (χ4n) is 3.15. The summed E-state index contributed by atoms with van der Waals surface area (Å²) in [7, 11) is 0. The van der Waals surface area contributed by atoms with E-state index in [2.05, 4.69) is 20.2 Å². The Morgan fingerprint density at radius 3 is 3.12 bits per heavy atom. The van der Waals surface area contributed by atoms with Crippen LogP contribution in [0.4, 0.5) is 5.82 Å². The molecule has 6 nitrogen and oxygen atoms in total. The highest BCUT2D eigenvalue weighted by Crippen LogP contribution is 2.18. The Balaban J connectivity index is 1.45. The maximum Gasteiger partial charge on any atom is 0.220 e. The number of piperidine rings is 1. The highest BCUT2D eigenvalue weighted by atomic mass is 16.1. The lowest BCUT2D eigenvalue weighted by molar-refractivity contribution is -0.122. The Morgan fingerprint density at radius 1 is 1.42 bits per heavy atom. The van der Waals surface area contributed by atoms with E-state index in [0.29, 0.717) is 6.42 Å². The minimum absolute atomic E-state index is 0.138. The summed E-state index contributed by atoms with van der Waals surface area (Å²) >= 11 is 0. The van der Waals surface area contributed by atoms with Gasteiger partial charge in [-0.3, -0.25) is 4.79 Å². The Hall–Kier alpha value is -2.37. The van der Waals surface area contributed by atoms with Gasteiger partial charge in [-0.05, 0) is 38.3 Å². The number of amides is 1. The third-order valence-electron chi connectivity index (χ3n) is 4.36. The molecule has 1 amide bonds. The second kappa shape index (κ2) is 7.95. The van der Waals surface area contributed by atoms with Crippen LogP contribution in [-0.2, 0) is 11.3 Å². The van der Waals surface area contributed by atoms with Crippen molar-refractivity contribution in [2.45, 2.75) is 45.2 Å². The van der Waals surface area contributed by atoms with E-state index in [1.165, 1.54) is 0 Å². The summed E-state index contributed by atoms with van der Waals surface area (Å²) in [6, 6.07) is 6.30. The van der Waals surface area contributed by atoms with E-state index in [1.807, 2.05) is 35.9 Å². The van der Waals surface area contributed by atoms with Crippen molar-refractivity contribution in [2.24, 2.45) is 0 Å². The van der Waals surface area contributed by atoms with Crippen LogP contribution in [0.3, 0.4) is 0 Å². The Bertz CT molecular complexity index is 655. The fraction of sp³-hybridized carbons (Fsp3) is 0.500. The summed E-state index contributed by atoms with van der Waals surface area (Å²) < 4.78 is 2.00. The number of aromatic nitrogens is 3. The summed E-state index contributed by atoms with van der Waals surface area (Å²) in [5.74, 6) is 1.15. The smallest absolute Gasteiger partial charge is 0.220 e. The van der Waals surface area contributed by atoms with Crippen molar-refractivity contribution in [3.63, 3.8) is 0 Å². The Morgan fingerprint density at radius 2 is 2.33 bits per heavy atom. The highest BCUT2D eigenvalue weighted by molar-refractivity contribution is 5.76. The van der Waals surface area contributed by atoms with Crippen LogP contribution in [-0.4, -0.2) is 39.6 Å². The van der Waals surface area contributed by atoms with E-state index in [1.54, 1.807) is 12.5 Å². The van der Waals surface area contributed by atoms with Crippen LogP contribution in [0.5, 0.6) is 0 Å². The molecule has 3 heterocycles. The van der Waals surface area contributed by atoms with Gasteiger partial charge in [-0.25, -0.2) is 9.97 Å². The first-order valence-electron chi connectivity index (χ1n) is 8.64. The molecular formula is C18H25N5O. The molecule has 0 bridgehead atoms. The van der Waals surface area contributed by atoms with Crippen LogP contribution in [0.2, 0.25) is 0 Å². The first-order valence-corrected chi connectivity index (χ1v) is 8.64. The summed E-state index contributed by atoms with van der Waals surface area (Å²) in [4.78, 5) is 23.0. The molecule has 2 aromatic heterocycles. The zero-order valence-electron chi connectivity index (χ0n) is 14.2. The van der Waals surface area contributed by atoms with E-state index in [-0.39, 0.29) is 11.9 Å². The highest BCUT2D eigenvalue weighted by Gasteiger charge is 2.22. The number of anilines is 1. The van der Waals surface area contributed by atoms with Gasteiger partial charge in [0, 0.05) is 50.2 Å². The first kappa shape index (κ1) is 16.5. The molecule has 0 aliphatic carbocycles. The quantitative estimate of drug-likeness (QED) is 0.883. The SMILES string of the molecule is Cc1cccc(N2CCC[C@@H](NC(=O)CCCn3ccnc3)C2)n1. The Labute approximate surface area is 142 Å². The molecule has 2 aromatic rings. The van der Waals surface area contributed by atoms with Crippen molar-refractivity contribution in [1.29, 1.82) is 0 Å². The molecule has 1 N–H and O–H groups in total. The van der Waals surface area contributed by atoms with Gasteiger partial charge < -0.3 is 14.8 Å². The number of hydrogen-bond donors (Lipinski definition) is 1. The second-order valence-corrected chi connectivity index (χ2v) is 6.39. The van der Waals surface area contributed by atoms with Gasteiger partial charge in [0.1, 0.15) is 5.82 Å². The Kier molecular flexibility index (Phi) is 5.46. The number of nitrogens with zero attached hydrogens (tertiary/aromatic N) is 4. The lowest BCUT2D eigenvalue weighted by atomic mass is 10.1. The standard InChI is InChI=1S/C18H25N5O/c1-15-5-2-7-17(20-15)23-11-3-6-16(13-23)21-18(24)8-4-10-22-12-9-19-14-22/h2,5,7,9,12,14,16H,3-4,6,8,10-11,13H2,1H3,(H,21,24)/t16-/m1/s1. The number of carbonyl (C=O) groups excluding carboxylic acids is 1. The largest absolute Gasteiger partial charge is 0.355 e. The van der Waals surface area contributed by atoms with Crippen LogP contribution in [0, 0.1) is 6.92 Å². The van der Waals surface area contributed by atoms with Crippen molar-refractivity contribution in [3.05, 3.63) is 42.6 Å². The predicted molar refractivity (Wildman–Crippen MR) is 93.8 cm³/mol. The summed E-state index contributed by atoms with van der Waals surface area (Å²) in [5.41, 5.74) is 1.03. The molecule has 3 rings (SSSR count). The van der Waals surface area contributed by atoms with Gasteiger partial charge in [-0.2, -0.15) is 0 Å². The number of nitrogens with one attached hydrogen (secondary N) is 1. The van der Waals surface area contributed by atoms with Crippen LogP contribution in [0.25, 0.3) is 0 Å². The third-order valence-corrected chi connectivity index (χ3v) is 4.36. The van der Waals surface area contributed by atoms with E-state index >= 15 is 0 Å². The van der Waals surface area contributed by atoms with Gasteiger partial charge in [0.15, 0.2) is 0 Å². The maximum absolute atomic E-state index is 12.2. The molecule has 1 fully saturated rings. The van der Waals surface area contributed by atoms with E-state index in [4.69, 9.17) is 0 Å². The van der Waals surface area contributed by atoms with Gasteiger partial charge in [-0.15, -0.1) is 0 Å². The maximum atomic E-state index is 12.2. The van der Waals surface area contributed by atoms with Crippen LogP contribution < -0.4 is 10.2 Å². The van der Waals surface area contributed by atoms with E-state index < -0.39 is 0 Å². The first-order chi connectivity index (χ1) is 11.7. The molecule has 1 atom stereocenters. The summed E-state index contributed by atoms with van der Waals surface area (Å²) in [6.45, 7) is 4.68. The average molecular weight is 327 g/mol. The van der Waals surface area contributed by atoms with Gasteiger partial charge >= 0.3 is 0 Å². The number of imidazole rings is 1. The lowest BCUT2D eigenvalue weighted by Crippen LogP contribution is -2.48. The molecule has 0 unspecified atom stereocenters. The van der Waals surface area contributed by atoms with Gasteiger partial charge in [-0.1, -0.05) is 6.07 Å². The number of hydrogen-bond acceptors (Lipinski definition) is 4. The molecule has 24 heavy (non-hydrogen) atoms. The molecule has 128 valence electrons. The zero-order valence-corrected chi connectivity index (χ0v) is 14.2. The van der Waals surface area contributed by atoms with Crippen LogP contribution in [0.1, 0.15) is 31.4 Å². The fourth-order valence-corrected chi connectivity index (χ4v) is 3.15. The van der Waals surface area contributed by atoms with Gasteiger partial charge in [0.2, 0.25) is 5.91 Å². The number of aryl methyl sites for hydroxylation is 2. The monoisotopic (exact) mass is 327 g/mol. The van der Waals surface area contributed by atoms with Crippen LogP contribution >= 0.6 is 0 Å². The number of carbonyl (C=O) groups is 1. The molecule has 0 radical (unpaired) electrons. The van der Waals surface area contributed by atoms with E-state index in [0.717, 1.165) is 50.4 Å². The molecule has 0 saturated carbocycles. The van der Waals surface area contributed by atoms with Gasteiger partial charge in [0.25, 0.3) is 0 Å². The second-order valence-electron chi connectivity index (χ2n) is 6.39. The molecular weight excluding hydrogens is 302 g/mol. The summed E-state index contributed by atoms with van der Waals surface area (Å²) in [6.07, 6.45) is 8.97. The van der Waals surface area contributed by atoms with Crippen molar-refractivity contribution >= 4 is 11.7 Å². The van der Waals surface area contributed by atoms with Crippen molar-refractivity contribution in [3.8, 4) is 0 Å². The van der Waals surface area contributed by atoms with Crippen molar-refractivity contribution in [2.75, 3.05) is 18.0 Å². The molecule has 1 aliphatic heterocycles. The van der Waals surface area contributed by atoms with Crippen molar-refractivity contribution in [1.82, 2.24) is 19.9 Å². The summed E-state index contributed by atoms with van der Waals surface area (Å²) in [5, 5.41) is 3.18. The molecule has 0 aromatic carbocycles. The van der Waals surface area contributed by atoms with Crippen molar-refractivity contribution < 1.29 is 4.79 Å². The van der Waals surface area contributed by atoms with E-state index in [9.17, 15) is 4.79 Å². The number of rotatable bonds is 6. The zero-order chi connectivity index (χ0) is 16.8. The predicted octanol–water partition coefficient (Wildman–Crippen LogP) is 2.15. The number of pyridine rings is 1. The lowest BCUT2D eigenvalue weighted by Gasteiger charge is -2.34. The minimum atomic E-state index is 0.138. The van der Waals surface area contributed by atoms with Gasteiger partial charge in [0.05, 0.1) is 6.33 Å². The average Bonchev–Trinajstić information content (AvgIpc) is 3.08.